The third-order valence-corrected chi connectivity index (χ3v) is 5.78. The SMILES string of the molecule is CC(C)(C)OC(=O)N1[C@@H]2CC[C@H]1[C@H](F)[C@H](N(c1ccc(Cl)nn1)C1CC1)C2. The highest BCUT2D eigenvalue weighted by atomic mass is 35.5. The molecule has 0 N–H and O–H groups in total. The molecule has 2 saturated heterocycles. The molecular formula is C19H26ClFN4O2. The maximum Gasteiger partial charge on any atom is 0.410 e. The fraction of sp³-hybridized carbons (Fsp3) is 0.737. The van der Waals surface area contributed by atoms with Gasteiger partial charge in [0.1, 0.15) is 11.8 Å². The third kappa shape index (κ3) is 3.71. The molecule has 1 aromatic heterocycles. The highest BCUT2D eigenvalue weighted by molar-refractivity contribution is 6.29. The van der Waals surface area contributed by atoms with Gasteiger partial charge in [-0.05, 0) is 65.0 Å². The fourth-order valence-electron chi connectivity index (χ4n) is 4.41. The van der Waals surface area contributed by atoms with Crippen molar-refractivity contribution in [3.05, 3.63) is 17.3 Å². The first-order valence-electron chi connectivity index (χ1n) is 9.67. The molecule has 148 valence electrons. The van der Waals surface area contributed by atoms with Crippen molar-refractivity contribution in [1.82, 2.24) is 15.1 Å². The zero-order chi connectivity index (χ0) is 19.3. The molecule has 8 heteroatoms. The minimum Gasteiger partial charge on any atom is -0.444 e. The van der Waals surface area contributed by atoms with Gasteiger partial charge in [0.15, 0.2) is 11.0 Å². The summed E-state index contributed by atoms with van der Waals surface area (Å²) in [6.45, 7) is 5.50. The van der Waals surface area contributed by atoms with Crippen LogP contribution in [0.5, 0.6) is 0 Å². The monoisotopic (exact) mass is 396 g/mol. The molecule has 1 aliphatic carbocycles. The van der Waals surface area contributed by atoms with Crippen LogP contribution < -0.4 is 4.90 Å². The number of hydrogen-bond donors (Lipinski definition) is 0. The molecule has 3 aliphatic rings. The van der Waals surface area contributed by atoms with Crippen LogP contribution in [0, 0.1) is 0 Å². The van der Waals surface area contributed by atoms with Gasteiger partial charge in [0.2, 0.25) is 0 Å². The quantitative estimate of drug-likeness (QED) is 0.773. The number of halogens is 2. The third-order valence-electron chi connectivity index (χ3n) is 5.58. The van der Waals surface area contributed by atoms with Gasteiger partial charge in [-0.15, -0.1) is 10.2 Å². The minimum absolute atomic E-state index is 0.00311. The number of carbonyl (C=O) groups excluding carboxylic acids is 1. The number of anilines is 1. The van der Waals surface area contributed by atoms with Crippen LogP contribution in [0.25, 0.3) is 0 Å². The first-order valence-corrected chi connectivity index (χ1v) is 10.1. The second-order valence-electron chi connectivity index (χ2n) is 8.79. The number of nitrogens with zero attached hydrogens (tertiary/aromatic N) is 4. The van der Waals surface area contributed by atoms with Crippen molar-refractivity contribution < 1.29 is 13.9 Å². The number of piperidine rings is 1. The number of amides is 1. The van der Waals surface area contributed by atoms with Crippen molar-refractivity contribution in [2.24, 2.45) is 0 Å². The molecule has 4 atom stereocenters. The molecule has 1 aromatic rings. The fourth-order valence-corrected chi connectivity index (χ4v) is 4.52. The molecule has 3 fully saturated rings. The van der Waals surface area contributed by atoms with Crippen LogP contribution in [-0.4, -0.2) is 57.1 Å². The van der Waals surface area contributed by atoms with Crippen LogP contribution in [0.1, 0.15) is 52.9 Å². The Morgan fingerprint density at radius 1 is 1.26 bits per heavy atom. The second kappa shape index (κ2) is 6.76. The van der Waals surface area contributed by atoms with Crippen molar-refractivity contribution in [3.63, 3.8) is 0 Å². The number of ether oxygens (including phenoxy) is 1. The van der Waals surface area contributed by atoms with Gasteiger partial charge < -0.3 is 9.64 Å². The molecule has 0 aromatic carbocycles. The van der Waals surface area contributed by atoms with Crippen molar-refractivity contribution >= 4 is 23.5 Å². The largest absolute Gasteiger partial charge is 0.444 e. The van der Waals surface area contributed by atoms with Crippen LogP contribution >= 0.6 is 11.6 Å². The van der Waals surface area contributed by atoms with Crippen molar-refractivity contribution in [2.45, 2.75) is 88.8 Å². The summed E-state index contributed by atoms with van der Waals surface area (Å²) in [6, 6.07) is 3.05. The van der Waals surface area contributed by atoms with Gasteiger partial charge in [-0.3, -0.25) is 4.90 Å². The standard InChI is InChI=1S/C19H26ClFN4O2/c1-19(2,3)27-18(26)25-12-6-7-13(25)17(21)14(10-12)24(11-4-5-11)16-9-8-15(20)22-23-16/h8-9,11-14,17H,4-7,10H2,1-3H3/t12-,13+,14-,17+/m1/s1. The maximum absolute atomic E-state index is 15.6. The molecule has 4 rings (SSSR count). The van der Waals surface area contributed by atoms with E-state index in [1.165, 1.54) is 0 Å². The molecule has 0 unspecified atom stereocenters. The van der Waals surface area contributed by atoms with E-state index in [-0.39, 0.29) is 18.1 Å². The van der Waals surface area contributed by atoms with Crippen molar-refractivity contribution in [2.75, 3.05) is 4.90 Å². The van der Waals surface area contributed by atoms with E-state index < -0.39 is 23.9 Å². The molecule has 2 bridgehead atoms. The van der Waals surface area contributed by atoms with Crippen LogP contribution in [0.15, 0.2) is 12.1 Å². The molecule has 27 heavy (non-hydrogen) atoms. The molecule has 3 heterocycles. The summed E-state index contributed by atoms with van der Waals surface area (Å²) in [4.78, 5) is 16.4. The molecule has 0 radical (unpaired) electrons. The first-order chi connectivity index (χ1) is 12.7. The van der Waals surface area contributed by atoms with Gasteiger partial charge >= 0.3 is 6.09 Å². The Kier molecular flexibility index (Phi) is 4.69. The molecule has 2 aliphatic heterocycles. The Morgan fingerprint density at radius 2 is 2.00 bits per heavy atom. The van der Waals surface area contributed by atoms with E-state index in [2.05, 4.69) is 15.1 Å². The lowest BCUT2D eigenvalue weighted by Gasteiger charge is -2.45. The predicted molar refractivity (Wildman–Crippen MR) is 101 cm³/mol. The number of hydrogen-bond acceptors (Lipinski definition) is 5. The summed E-state index contributed by atoms with van der Waals surface area (Å²) in [7, 11) is 0. The van der Waals surface area contributed by atoms with Crippen molar-refractivity contribution in [1.29, 1.82) is 0 Å². The summed E-state index contributed by atoms with van der Waals surface area (Å²) < 4.78 is 21.1. The Labute approximate surface area is 164 Å². The Morgan fingerprint density at radius 3 is 2.59 bits per heavy atom. The highest BCUT2D eigenvalue weighted by Crippen LogP contribution is 2.44. The molecule has 0 spiro atoms. The smallest absolute Gasteiger partial charge is 0.410 e. The van der Waals surface area contributed by atoms with Crippen LogP contribution in [0.3, 0.4) is 0 Å². The Hall–Kier alpha value is -1.63. The van der Waals surface area contributed by atoms with Gasteiger partial charge in [0.05, 0.1) is 12.1 Å². The lowest BCUT2D eigenvalue weighted by molar-refractivity contribution is -0.0108. The Balaban J connectivity index is 1.56. The molecule has 1 amide bonds. The van der Waals surface area contributed by atoms with E-state index in [1.807, 2.05) is 26.8 Å². The predicted octanol–water partition coefficient (Wildman–Crippen LogP) is 3.98. The lowest BCUT2D eigenvalue weighted by atomic mass is 9.94. The zero-order valence-corrected chi connectivity index (χ0v) is 16.7. The number of carbonyl (C=O) groups is 1. The second-order valence-corrected chi connectivity index (χ2v) is 9.17. The number of alkyl halides is 1. The van der Waals surface area contributed by atoms with Crippen LogP contribution in [0.2, 0.25) is 5.15 Å². The molecule has 1 saturated carbocycles. The number of rotatable bonds is 3. The van der Waals surface area contributed by atoms with E-state index >= 15 is 4.39 Å². The van der Waals surface area contributed by atoms with Crippen molar-refractivity contribution in [3.8, 4) is 0 Å². The topological polar surface area (TPSA) is 58.6 Å². The van der Waals surface area contributed by atoms with Gasteiger partial charge in [-0.25, -0.2) is 9.18 Å². The van der Waals surface area contributed by atoms with Gasteiger partial charge in [-0.2, -0.15) is 0 Å². The maximum atomic E-state index is 15.6. The van der Waals surface area contributed by atoms with E-state index in [1.54, 1.807) is 11.0 Å². The van der Waals surface area contributed by atoms with Gasteiger partial charge in [0, 0.05) is 12.1 Å². The minimum atomic E-state index is -1.14. The average Bonchev–Trinajstić information content (AvgIpc) is 3.34. The molecular weight excluding hydrogens is 371 g/mol. The van der Waals surface area contributed by atoms with E-state index in [4.69, 9.17) is 16.3 Å². The first kappa shape index (κ1) is 18.7. The van der Waals surface area contributed by atoms with E-state index in [0.29, 0.717) is 23.8 Å². The summed E-state index contributed by atoms with van der Waals surface area (Å²) in [5.41, 5.74) is -0.585. The van der Waals surface area contributed by atoms with E-state index in [9.17, 15) is 4.79 Å². The highest BCUT2D eigenvalue weighted by Gasteiger charge is 2.54. The molecule has 6 nitrogen and oxygen atoms in total. The lowest BCUT2D eigenvalue weighted by Crippen LogP contribution is -2.60. The average molecular weight is 397 g/mol. The van der Waals surface area contributed by atoms with Gasteiger partial charge in [-0.1, -0.05) is 11.6 Å². The normalized spacial score (nSPS) is 30.3. The number of aromatic nitrogens is 2. The number of fused-ring (bicyclic) bond motifs is 2. The summed E-state index contributed by atoms with van der Waals surface area (Å²) >= 11 is 5.86. The summed E-state index contributed by atoms with van der Waals surface area (Å²) in [5, 5.41) is 8.45. The van der Waals surface area contributed by atoms with Crippen LogP contribution in [0.4, 0.5) is 15.0 Å². The summed E-state index contributed by atoms with van der Waals surface area (Å²) in [6.07, 6.45) is 2.57. The zero-order valence-electron chi connectivity index (χ0n) is 15.9. The Bertz CT molecular complexity index is 707. The summed E-state index contributed by atoms with van der Waals surface area (Å²) in [5.74, 6) is 0.666. The van der Waals surface area contributed by atoms with E-state index in [0.717, 1.165) is 19.3 Å². The van der Waals surface area contributed by atoms with Gasteiger partial charge in [0.25, 0.3) is 0 Å². The van der Waals surface area contributed by atoms with Crippen LogP contribution in [-0.2, 0) is 4.74 Å².